The monoisotopic (exact) mass is 304 g/mol. The maximum atomic E-state index is 12.6. The smallest absolute Gasteiger partial charge is 0.276 e. The molecule has 2 fully saturated rings. The summed E-state index contributed by atoms with van der Waals surface area (Å²) in [6, 6.07) is 0.257. The number of thiocarbonyl (C=S) groups is 1. The molecule has 1 N–H and O–H groups in total. The van der Waals surface area contributed by atoms with Crippen LogP contribution in [0.2, 0.25) is 0 Å². The molecule has 21 heavy (non-hydrogen) atoms. The number of aryl methyl sites for hydroxylation is 1. The summed E-state index contributed by atoms with van der Waals surface area (Å²) in [5.74, 6) is -0.00449. The molecule has 1 aromatic rings. The van der Waals surface area contributed by atoms with E-state index >= 15 is 0 Å². The number of hydrogen-bond acceptors (Lipinski definition) is 3. The molecule has 0 aromatic carbocycles. The molecule has 0 atom stereocenters. The Balaban J connectivity index is 1.84. The average molecular weight is 304 g/mol. The van der Waals surface area contributed by atoms with Crippen LogP contribution in [-0.2, 0) is 11.8 Å². The van der Waals surface area contributed by atoms with E-state index in [2.05, 4.69) is 10.4 Å². The number of aromatic nitrogens is 2. The molecule has 0 spiro atoms. The molecular formula is C15H20N4OS. The molecule has 1 aliphatic carbocycles. The van der Waals surface area contributed by atoms with Crippen LogP contribution in [0, 0.1) is 6.92 Å². The normalized spacial score (nSPS) is 22.2. The van der Waals surface area contributed by atoms with Crippen LogP contribution in [0.5, 0.6) is 0 Å². The van der Waals surface area contributed by atoms with Gasteiger partial charge in [0, 0.05) is 24.3 Å². The summed E-state index contributed by atoms with van der Waals surface area (Å²) in [4.78, 5) is 14.4. The Morgan fingerprint density at radius 2 is 2.10 bits per heavy atom. The molecule has 0 radical (unpaired) electrons. The third-order valence-electron chi connectivity index (χ3n) is 4.42. The quantitative estimate of drug-likeness (QED) is 0.672. The van der Waals surface area contributed by atoms with Gasteiger partial charge < -0.3 is 5.32 Å². The maximum absolute atomic E-state index is 12.6. The molecule has 1 aromatic heterocycles. The van der Waals surface area contributed by atoms with E-state index in [1.165, 1.54) is 19.3 Å². The van der Waals surface area contributed by atoms with Crippen LogP contribution < -0.4 is 5.32 Å². The molecular weight excluding hydrogens is 284 g/mol. The zero-order valence-corrected chi connectivity index (χ0v) is 13.2. The van der Waals surface area contributed by atoms with Crippen LogP contribution in [0.1, 0.15) is 43.4 Å². The van der Waals surface area contributed by atoms with E-state index in [0.717, 1.165) is 24.1 Å². The Hall–Kier alpha value is -1.69. The SMILES string of the molecule is Cc1c(/C=C2/NC(=S)N(C3CCCCC3)C2=O)cnn1C. The first kappa shape index (κ1) is 14.3. The largest absolute Gasteiger partial charge is 0.328 e. The van der Waals surface area contributed by atoms with E-state index in [9.17, 15) is 4.79 Å². The van der Waals surface area contributed by atoms with Crippen molar-refractivity contribution in [1.82, 2.24) is 20.0 Å². The molecule has 0 unspecified atom stereocenters. The lowest BCUT2D eigenvalue weighted by Gasteiger charge is -2.29. The zero-order valence-electron chi connectivity index (χ0n) is 12.4. The fraction of sp³-hybridized carbons (Fsp3) is 0.533. The molecule has 3 rings (SSSR count). The van der Waals surface area contributed by atoms with Gasteiger partial charge in [0.15, 0.2) is 5.11 Å². The summed E-state index contributed by atoms with van der Waals surface area (Å²) in [5.41, 5.74) is 2.53. The third kappa shape index (κ3) is 2.60. The van der Waals surface area contributed by atoms with Crippen LogP contribution in [0.15, 0.2) is 11.9 Å². The van der Waals surface area contributed by atoms with Gasteiger partial charge in [-0.05, 0) is 38.1 Å². The molecule has 1 amide bonds. The van der Waals surface area contributed by atoms with Gasteiger partial charge in [0.1, 0.15) is 5.70 Å². The highest BCUT2D eigenvalue weighted by atomic mass is 32.1. The molecule has 1 saturated heterocycles. The number of carbonyl (C=O) groups excluding carboxylic acids is 1. The molecule has 5 nitrogen and oxygen atoms in total. The Labute approximate surface area is 130 Å². The Bertz CT molecular complexity index is 613. The van der Waals surface area contributed by atoms with Gasteiger partial charge in [-0.2, -0.15) is 5.10 Å². The number of amides is 1. The van der Waals surface area contributed by atoms with E-state index in [1.807, 2.05) is 20.0 Å². The third-order valence-corrected chi connectivity index (χ3v) is 4.72. The second-order valence-electron chi connectivity index (χ2n) is 5.76. The predicted octanol–water partition coefficient (Wildman–Crippen LogP) is 2.12. The number of rotatable bonds is 2. The Morgan fingerprint density at radius 1 is 1.38 bits per heavy atom. The lowest BCUT2D eigenvalue weighted by molar-refractivity contribution is -0.124. The lowest BCUT2D eigenvalue weighted by atomic mass is 9.94. The fourth-order valence-electron chi connectivity index (χ4n) is 3.03. The first-order valence-electron chi connectivity index (χ1n) is 7.43. The molecule has 1 saturated carbocycles. The minimum Gasteiger partial charge on any atom is -0.328 e. The van der Waals surface area contributed by atoms with Crippen LogP contribution in [0.3, 0.4) is 0 Å². The van der Waals surface area contributed by atoms with Gasteiger partial charge in [-0.15, -0.1) is 0 Å². The fourth-order valence-corrected chi connectivity index (χ4v) is 3.37. The van der Waals surface area contributed by atoms with Crippen LogP contribution in [-0.4, -0.2) is 31.7 Å². The zero-order chi connectivity index (χ0) is 15.0. The van der Waals surface area contributed by atoms with Crippen molar-refractivity contribution in [3.05, 3.63) is 23.2 Å². The lowest BCUT2D eigenvalue weighted by Crippen LogP contribution is -2.41. The van der Waals surface area contributed by atoms with Gasteiger partial charge >= 0.3 is 0 Å². The predicted molar refractivity (Wildman–Crippen MR) is 85.4 cm³/mol. The van der Waals surface area contributed by atoms with E-state index in [4.69, 9.17) is 12.2 Å². The van der Waals surface area contributed by atoms with E-state index in [1.54, 1.807) is 15.8 Å². The standard InChI is InChI=1S/C15H20N4OS/c1-10-11(9-16-18(10)2)8-13-14(20)19(15(21)17-13)12-6-4-3-5-7-12/h8-9,12H,3-7H2,1-2H3,(H,17,21)/b13-8+. The van der Waals surface area contributed by atoms with Crippen molar-refractivity contribution in [3.63, 3.8) is 0 Å². The number of carbonyl (C=O) groups is 1. The molecule has 6 heteroatoms. The highest BCUT2D eigenvalue weighted by Gasteiger charge is 2.36. The van der Waals surface area contributed by atoms with Crippen molar-refractivity contribution < 1.29 is 4.79 Å². The summed E-state index contributed by atoms with van der Waals surface area (Å²) in [6.07, 6.45) is 9.33. The number of nitrogens with zero attached hydrogens (tertiary/aromatic N) is 3. The summed E-state index contributed by atoms with van der Waals surface area (Å²) in [7, 11) is 1.89. The van der Waals surface area contributed by atoms with Gasteiger partial charge in [-0.25, -0.2) is 0 Å². The van der Waals surface area contributed by atoms with Gasteiger partial charge in [-0.3, -0.25) is 14.4 Å². The highest BCUT2D eigenvalue weighted by Crippen LogP contribution is 2.27. The topological polar surface area (TPSA) is 50.2 Å². The average Bonchev–Trinajstić information content (AvgIpc) is 2.94. The maximum Gasteiger partial charge on any atom is 0.276 e. The highest BCUT2D eigenvalue weighted by molar-refractivity contribution is 7.80. The van der Waals surface area contributed by atoms with Crippen molar-refractivity contribution in [2.45, 2.75) is 45.1 Å². The summed E-state index contributed by atoms with van der Waals surface area (Å²) in [6.45, 7) is 1.98. The van der Waals surface area contributed by atoms with E-state index in [0.29, 0.717) is 10.8 Å². The molecule has 0 bridgehead atoms. The van der Waals surface area contributed by atoms with Crippen LogP contribution in [0.4, 0.5) is 0 Å². The molecule has 1 aliphatic heterocycles. The van der Waals surface area contributed by atoms with Crippen LogP contribution in [0.25, 0.3) is 6.08 Å². The minimum absolute atomic E-state index is 0.00449. The second kappa shape index (κ2) is 5.60. The summed E-state index contributed by atoms with van der Waals surface area (Å²) in [5, 5.41) is 7.81. The van der Waals surface area contributed by atoms with Gasteiger partial charge in [-0.1, -0.05) is 19.3 Å². The van der Waals surface area contributed by atoms with Crippen molar-refractivity contribution >= 4 is 29.3 Å². The minimum atomic E-state index is -0.00449. The van der Waals surface area contributed by atoms with Crippen molar-refractivity contribution in [1.29, 1.82) is 0 Å². The van der Waals surface area contributed by atoms with Crippen molar-refractivity contribution in [3.8, 4) is 0 Å². The van der Waals surface area contributed by atoms with Crippen molar-refractivity contribution in [2.24, 2.45) is 7.05 Å². The van der Waals surface area contributed by atoms with Crippen LogP contribution >= 0.6 is 12.2 Å². The Kier molecular flexibility index (Phi) is 3.80. The molecule has 112 valence electrons. The van der Waals surface area contributed by atoms with Crippen molar-refractivity contribution in [2.75, 3.05) is 0 Å². The number of hydrogen-bond donors (Lipinski definition) is 1. The second-order valence-corrected chi connectivity index (χ2v) is 6.15. The first-order chi connectivity index (χ1) is 10.1. The van der Waals surface area contributed by atoms with Gasteiger partial charge in [0.05, 0.1) is 6.20 Å². The number of nitrogens with one attached hydrogen (secondary N) is 1. The van der Waals surface area contributed by atoms with Gasteiger partial charge in [0.2, 0.25) is 0 Å². The Morgan fingerprint density at radius 3 is 2.71 bits per heavy atom. The van der Waals surface area contributed by atoms with E-state index < -0.39 is 0 Å². The summed E-state index contributed by atoms with van der Waals surface area (Å²) >= 11 is 5.36. The molecule has 2 heterocycles. The van der Waals surface area contributed by atoms with Gasteiger partial charge in [0.25, 0.3) is 5.91 Å². The van der Waals surface area contributed by atoms with E-state index in [-0.39, 0.29) is 11.9 Å². The first-order valence-corrected chi connectivity index (χ1v) is 7.83. The molecule has 2 aliphatic rings. The summed E-state index contributed by atoms with van der Waals surface area (Å²) < 4.78 is 1.79.